The number of fused-ring (bicyclic) bond motifs is 12. The summed E-state index contributed by atoms with van der Waals surface area (Å²) in [5.41, 5.74) is 20.5. The number of nitrogens with zero attached hydrogens (tertiary/aromatic N) is 3. The first-order chi connectivity index (χ1) is 34.0. The maximum absolute atomic E-state index is 2.54. The van der Waals surface area contributed by atoms with E-state index >= 15 is 0 Å². The van der Waals surface area contributed by atoms with Crippen molar-refractivity contribution in [2.45, 2.75) is 19.3 Å². The van der Waals surface area contributed by atoms with Crippen LogP contribution in [0.5, 0.6) is 0 Å². The van der Waals surface area contributed by atoms with Gasteiger partial charge in [-0.1, -0.05) is 159 Å². The summed E-state index contributed by atoms with van der Waals surface area (Å²) in [6.45, 7) is 4.72. The Bertz CT molecular complexity index is 4120. The third kappa shape index (κ3) is 6.05. The lowest BCUT2D eigenvalue weighted by atomic mass is 9.82. The summed E-state index contributed by atoms with van der Waals surface area (Å²) in [6, 6.07) is 87.2. The second kappa shape index (κ2) is 15.3. The van der Waals surface area contributed by atoms with Crippen LogP contribution in [-0.4, -0.2) is 9.13 Å². The van der Waals surface area contributed by atoms with Gasteiger partial charge in [0.1, 0.15) is 0 Å². The fourth-order valence-corrected chi connectivity index (χ4v) is 12.6. The smallest absolute Gasteiger partial charge is 0.0804 e. The summed E-state index contributed by atoms with van der Waals surface area (Å²) in [5, 5.41) is 5.06. The summed E-state index contributed by atoms with van der Waals surface area (Å²) in [7, 11) is 0. The summed E-state index contributed by atoms with van der Waals surface area (Å²) in [5.74, 6) is 0. The minimum Gasteiger partial charge on any atom is -0.310 e. The van der Waals surface area contributed by atoms with E-state index in [1.807, 2.05) is 11.3 Å². The predicted molar refractivity (Wildman–Crippen MR) is 294 cm³/mol. The number of thiophene rings is 1. The monoisotopic (exact) mass is 899 g/mol. The molecule has 0 fully saturated rings. The Hall–Kier alpha value is -8.44. The first-order valence-corrected chi connectivity index (χ1v) is 24.7. The number of anilines is 3. The lowest BCUT2D eigenvalue weighted by Gasteiger charge is -2.28. The molecule has 3 aromatic heterocycles. The maximum Gasteiger partial charge on any atom is 0.0804 e. The van der Waals surface area contributed by atoms with E-state index in [2.05, 4.69) is 264 Å². The van der Waals surface area contributed by atoms with Crippen LogP contribution < -0.4 is 4.90 Å². The van der Waals surface area contributed by atoms with Crippen LogP contribution in [0.15, 0.2) is 237 Å². The molecule has 0 radical (unpaired) electrons. The van der Waals surface area contributed by atoms with Crippen molar-refractivity contribution in [3.63, 3.8) is 0 Å². The maximum atomic E-state index is 2.54. The molecule has 0 aliphatic heterocycles. The van der Waals surface area contributed by atoms with E-state index in [0.717, 1.165) is 28.4 Å². The number of para-hydroxylation sites is 2. The Balaban J connectivity index is 0.954. The average Bonchev–Trinajstić information content (AvgIpc) is 4.12. The van der Waals surface area contributed by atoms with Crippen molar-refractivity contribution in [2.75, 3.05) is 4.90 Å². The lowest BCUT2D eigenvalue weighted by Crippen LogP contribution is -2.16. The Labute approximate surface area is 405 Å². The molecule has 3 nitrogen and oxygen atoms in total. The topological polar surface area (TPSA) is 13.1 Å². The summed E-state index contributed by atoms with van der Waals surface area (Å²) in [4.78, 5) is 2.41. The first kappa shape index (κ1) is 39.7. The molecule has 0 bridgehead atoms. The van der Waals surface area contributed by atoms with Gasteiger partial charge < -0.3 is 14.0 Å². The summed E-state index contributed by atoms with van der Waals surface area (Å²) in [6.07, 6.45) is 0. The molecular formula is C65H45N3S. The molecule has 4 heteroatoms. The van der Waals surface area contributed by atoms with Gasteiger partial charge in [0.25, 0.3) is 0 Å². The number of benzene rings is 10. The minimum atomic E-state index is -0.117. The number of rotatable bonds is 7. The molecule has 0 spiro atoms. The van der Waals surface area contributed by atoms with E-state index < -0.39 is 0 Å². The molecule has 326 valence electrons. The van der Waals surface area contributed by atoms with Crippen LogP contribution in [0.25, 0.3) is 97.8 Å². The zero-order chi connectivity index (χ0) is 45.8. The second-order valence-electron chi connectivity index (χ2n) is 18.9. The van der Waals surface area contributed by atoms with Crippen molar-refractivity contribution in [1.82, 2.24) is 9.13 Å². The average molecular weight is 900 g/mol. The Morgan fingerprint density at radius 1 is 0.362 bits per heavy atom. The highest BCUT2D eigenvalue weighted by atomic mass is 32.1. The minimum absolute atomic E-state index is 0.117. The van der Waals surface area contributed by atoms with Crippen LogP contribution in [0.3, 0.4) is 0 Å². The van der Waals surface area contributed by atoms with Crippen molar-refractivity contribution in [3.05, 3.63) is 248 Å². The van der Waals surface area contributed by atoms with Gasteiger partial charge in [0.15, 0.2) is 0 Å². The van der Waals surface area contributed by atoms with E-state index in [4.69, 9.17) is 0 Å². The van der Waals surface area contributed by atoms with E-state index in [1.54, 1.807) is 0 Å². The van der Waals surface area contributed by atoms with Gasteiger partial charge in [0.05, 0.1) is 22.1 Å². The van der Waals surface area contributed by atoms with Crippen LogP contribution in [0.2, 0.25) is 0 Å². The van der Waals surface area contributed by atoms with Crippen molar-refractivity contribution >= 4 is 81.4 Å². The normalized spacial score (nSPS) is 12.9. The molecular weight excluding hydrogens is 855 g/mol. The molecule has 13 aromatic rings. The Kier molecular flexibility index (Phi) is 8.80. The Morgan fingerprint density at radius 3 is 1.64 bits per heavy atom. The van der Waals surface area contributed by atoms with Gasteiger partial charge in [-0.3, -0.25) is 0 Å². The van der Waals surface area contributed by atoms with Crippen LogP contribution in [0.4, 0.5) is 17.1 Å². The molecule has 14 rings (SSSR count). The van der Waals surface area contributed by atoms with E-state index in [1.165, 1.54) is 97.5 Å². The van der Waals surface area contributed by atoms with Crippen LogP contribution in [0, 0.1) is 0 Å². The number of hydrogen-bond acceptors (Lipinski definition) is 2. The summed E-state index contributed by atoms with van der Waals surface area (Å²) < 4.78 is 7.63. The molecule has 0 unspecified atom stereocenters. The molecule has 0 N–H and O–H groups in total. The SMILES string of the molecule is CC1(C)c2ccccc2-c2ccc(N(c3ccc(-c4ccccc4)cc3)c3ccc(-c4ccc5c(c4)c4c(c6ccc7sc8ccccc8c7c6n4-c4ccccc4)n5-c4ccccc4)cc3)cc21. The predicted octanol–water partition coefficient (Wildman–Crippen LogP) is 18.2. The van der Waals surface area contributed by atoms with Gasteiger partial charge in [-0.25, -0.2) is 0 Å². The molecule has 1 aliphatic carbocycles. The molecule has 0 saturated heterocycles. The van der Waals surface area contributed by atoms with Gasteiger partial charge in [-0.05, 0) is 136 Å². The largest absolute Gasteiger partial charge is 0.310 e. The standard InChI is InChI=1S/C65H45N3S/c1-65(2)56-24-14-12-22-51(56)52-36-35-50(41-57(52)65)66(48-31-26-43(27-32-48)42-16-6-3-7-17-42)49-33-28-44(29-34-49)45-30-38-58-55(40-45)64-63(67(58)46-18-8-4-9-19-46)54-37-39-60-61(53-23-13-15-25-59(53)69-60)62(54)68(64)47-20-10-5-11-21-47/h3-41H,1-2H3. The van der Waals surface area contributed by atoms with Gasteiger partial charge in [-0.15, -0.1) is 11.3 Å². The van der Waals surface area contributed by atoms with Gasteiger partial charge >= 0.3 is 0 Å². The van der Waals surface area contributed by atoms with E-state index in [9.17, 15) is 0 Å². The molecule has 1 aliphatic rings. The highest BCUT2D eigenvalue weighted by molar-refractivity contribution is 7.26. The second-order valence-corrected chi connectivity index (χ2v) is 20.0. The number of hydrogen-bond donors (Lipinski definition) is 0. The van der Waals surface area contributed by atoms with Crippen LogP contribution in [0.1, 0.15) is 25.0 Å². The fourth-order valence-electron chi connectivity index (χ4n) is 11.5. The highest BCUT2D eigenvalue weighted by Crippen LogP contribution is 2.51. The van der Waals surface area contributed by atoms with Gasteiger partial charge in [0.2, 0.25) is 0 Å². The van der Waals surface area contributed by atoms with E-state index in [-0.39, 0.29) is 5.41 Å². The van der Waals surface area contributed by atoms with Crippen molar-refractivity contribution in [3.8, 4) is 44.8 Å². The summed E-state index contributed by atoms with van der Waals surface area (Å²) >= 11 is 1.88. The van der Waals surface area contributed by atoms with Crippen molar-refractivity contribution in [1.29, 1.82) is 0 Å². The van der Waals surface area contributed by atoms with Crippen molar-refractivity contribution in [2.24, 2.45) is 0 Å². The third-order valence-corrected chi connectivity index (χ3v) is 15.8. The zero-order valence-electron chi connectivity index (χ0n) is 38.3. The fraction of sp³-hybridized carbons (Fsp3) is 0.0462. The molecule has 0 saturated carbocycles. The van der Waals surface area contributed by atoms with Crippen LogP contribution in [-0.2, 0) is 5.41 Å². The molecule has 69 heavy (non-hydrogen) atoms. The molecule has 3 heterocycles. The molecule has 0 atom stereocenters. The van der Waals surface area contributed by atoms with Crippen molar-refractivity contribution < 1.29 is 0 Å². The third-order valence-electron chi connectivity index (χ3n) is 14.7. The highest BCUT2D eigenvalue weighted by Gasteiger charge is 2.36. The molecule has 10 aromatic carbocycles. The van der Waals surface area contributed by atoms with Gasteiger partial charge in [-0.2, -0.15) is 0 Å². The van der Waals surface area contributed by atoms with Crippen LogP contribution >= 0.6 is 11.3 Å². The quantitative estimate of drug-likeness (QED) is 0.155. The van der Waals surface area contributed by atoms with Gasteiger partial charge in [0, 0.05) is 64.8 Å². The van der Waals surface area contributed by atoms with E-state index in [0.29, 0.717) is 0 Å². The first-order valence-electron chi connectivity index (χ1n) is 23.8. The molecule has 0 amide bonds. The number of aromatic nitrogens is 2. The Morgan fingerprint density at radius 2 is 0.913 bits per heavy atom. The lowest BCUT2D eigenvalue weighted by molar-refractivity contribution is 0.660. The zero-order valence-corrected chi connectivity index (χ0v) is 39.1.